The lowest BCUT2D eigenvalue weighted by Gasteiger charge is -2.06. The standard InChI is InChI=1S/C10H8BrClN4O/c11-5-1-2-8(6(3-5)10(14)17)16-4-7(12)9(13)15-16/h1-4H,(H2,13,15)(H2,14,17). The van der Waals surface area contributed by atoms with Crippen LogP contribution in [-0.4, -0.2) is 15.7 Å². The molecule has 1 aromatic carbocycles. The highest BCUT2D eigenvalue weighted by molar-refractivity contribution is 9.10. The number of carbonyl (C=O) groups excluding carboxylic acids is 1. The number of primary amides is 1. The van der Waals surface area contributed by atoms with Crippen molar-refractivity contribution in [1.82, 2.24) is 9.78 Å². The van der Waals surface area contributed by atoms with E-state index >= 15 is 0 Å². The fraction of sp³-hybridized carbons (Fsp3) is 0. The highest BCUT2D eigenvalue weighted by Crippen LogP contribution is 2.23. The van der Waals surface area contributed by atoms with Crippen LogP contribution in [0, 0.1) is 0 Å². The Morgan fingerprint density at radius 3 is 2.71 bits per heavy atom. The number of rotatable bonds is 2. The van der Waals surface area contributed by atoms with Crippen LogP contribution in [0.1, 0.15) is 10.4 Å². The third-order valence-corrected chi connectivity index (χ3v) is 2.95. The van der Waals surface area contributed by atoms with E-state index in [1.54, 1.807) is 18.2 Å². The molecule has 0 saturated carbocycles. The van der Waals surface area contributed by atoms with Crippen LogP contribution in [0.25, 0.3) is 5.69 Å². The fourth-order valence-corrected chi connectivity index (χ4v) is 1.89. The summed E-state index contributed by atoms with van der Waals surface area (Å²) >= 11 is 9.08. The van der Waals surface area contributed by atoms with Crippen molar-refractivity contribution in [2.75, 3.05) is 5.73 Å². The number of aromatic nitrogens is 2. The van der Waals surface area contributed by atoms with Crippen molar-refractivity contribution >= 4 is 39.3 Å². The van der Waals surface area contributed by atoms with Gasteiger partial charge in [-0.05, 0) is 18.2 Å². The second-order valence-electron chi connectivity index (χ2n) is 3.33. The minimum atomic E-state index is -0.550. The average Bonchev–Trinajstić information content (AvgIpc) is 2.59. The summed E-state index contributed by atoms with van der Waals surface area (Å²) in [6.07, 6.45) is 1.52. The maximum atomic E-state index is 11.3. The summed E-state index contributed by atoms with van der Waals surface area (Å²) in [5.74, 6) is -0.350. The van der Waals surface area contributed by atoms with E-state index in [1.165, 1.54) is 10.9 Å². The van der Waals surface area contributed by atoms with E-state index in [9.17, 15) is 4.79 Å². The van der Waals surface area contributed by atoms with Crippen LogP contribution in [0.4, 0.5) is 5.82 Å². The molecule has 0 aliphatic carbocycles. The molecule has 0 saturated heterocycles. The zero-order valence-corrected chi connectivity index (χ0v) is 10.9. The van der Waals surface area contributed by atoms with Gasteiger partial charge in [-0.15, -0.1) is 5.10 Å². The van der Waals surface area contributed by atoms with Crippen molar-refractivity contribution in [3.05, 3.63) is 39.5 Å². The lowest BCUT2D eigenvalue weighted by Crippen LogP contribution is -2.15. The molecule has 0 bridgehead atoms. The zero-order valence-electron chi connectivity index (χ0n) is 8.52. The van der Waals surface area contributed by atoms with Crippen LogP contribution in [0.3, 0.4) is 0 Å². The molecular weight excluding hydrogens is 307 g/mol. The zero-order chi connectivity index (χ0) is 12.6. The van der Waals surface area contributed by atoms with Crippen LogP contribution in [0.15, 0.2) is 28.9 Å². The van der Waals surface area contributed by atoms with Crippen LogP contribution < -0.4 is 11.5 Å². The van der Waals surface area contributed by atoms with E-state index in [-0.39, 0.29) is 5.82 Å². The summed E-state index contributed by atoms with van der Waals surface area (Å²) < 4.78 is 2.17. The molecular formula is C10H8BrClN4O. The Bertz CT molecular complexity index is 576. The van der Waals surface area contributed by atoms with Crippen molar-refractivity contribution < 1.29 is 4.79 Å². The Morgan fingerprint density at radius 2 is 2.18 bits per heavy atom. The number of nitrogens with zero attached hydrogens (tertiary/aromatic N) is 2. The van der Waals surface area contributed by atoms with E-state index < -0.39 is 5.91 Å². The maximum Gasteiger partial charge on any atom is 0.250 e. The third-order valence-electron chi connectivity index (χ3n) is 2.17. The molecule has 5 nitrogen and oxygen atoms in total. The van der Waals surface area contributed by atoms with Crippen LogP contribution in [0.2, 0.25) is 5.02 Å². The van der Waals surface area contributed by atoms with Crippen LogP contribution in [-0.2, 0) is 0 Å². The fourth-order valence-electron chi connectivity index (χ4n) is 1.40. The molecule has 2 rings (SSSR count). The summed E-state index contributed by atoms with van der Waals surface area (Å²) in [6.45, 7) is 0. The third kappa shape index (κ3) is 2.27. The predicted molar refractivity (Wildman–Crippen MR) is 69.2 cm³/mol. The van der Waals surface area contributed by atoms with Gasteiger partial charge in [0, 0.05) is 4.47 Å². The average molecular weight is 316 g/mol. The molecule has 0 spiro atoms. The first-order valence-electron chi connectivity index (χ1n) is 4.59. The monoisotopic (exact) mass is 314 g/mol. The lowest BCUT2D eigenvalue weighted by atomic mass is 10.1. The molecule has 0 fully saturated rings. The number of anilines is 1. The van der Waals surface area contributed by atoms with Crippen molar-refractivity contribution in [3.63, 3.8) is 0 Å². The molecule has 0 unspecified atom stereocenters. The first kappa shape index (κ1) is 11.9. The summed E-state index contributed by atoms with van der Waals surface area (Å²) in [4.78, 5) is 11.3. The molecule has 0 radical (unpaired) electrons. The number of nitrogen functional groups attached to an aromatic ring is 1. The molecule has 4 N–H and O–H groups in total. The quantitative estimate of drug-likeness (QED) is 0.888. The van der Waals surface area contributed by atoms with Gasteiger partial charge in [0.25, 0.3) is 5.91 Å². The maximum absolute atomic E-state index is 11.3. The largest absolute Gasteiger partial charge is 0.381 e. The van der Waals surface area contributed by atoms with Gasteiger partial charge in [-0.25, -0.2) is 4.68 Å². The Balaban J connectivity index is 2.62. The Kier molecular flexibility index (Phi) is 3.08. The van der Waals surface area contributed by atoms with Gasteiger partial charge in [0.1, 0.15) is 5.02 Å². The number of nitrogens with two attached hydrogens (primary N) is 2. The molecule has 1 amide bonds. The first-order valence-corrected chi connectivity index (χ1v) is 5.76. The second-order valence-corrected chi connectivity index (χ2v) is 4.66. The van der Waals surface area contributed by atoms with Gasteiger partial charge >= 0.3 is 0 Å². The van der Waals surface area contributed by atoms with Gasteiger partial charge in [0.05, 0.1) is 17.4 Å². The number of halogens is 2. The van der Waals surface area contributed by atoms with Gasteiger partial charge in [-0.1, -0.05) is 27.5 Å². The minimum absolute atomic E-state index is 0.199. The van der Waals surface area contributed by atoms with E-state index in [0.717, 1.165) is 4.47 Å². The highest BCUT2D eigenvalue weighted by atomic mass is 79.9. The number of hydrogen-bond acceptors (Lipinski definition) is 3. The van der Waals surface area contributed by atoms with Gasteiger partial charge in [0.15, 0.2) is 5.82 Å². The summed E-state index contributed by atoms with van der Waals surface area (Å²) in [6, 6.07) is 5.09. The molecule has 0 atom stereocenters. The van der Waals surface area contributed by atoms with Crippen molar-refractivity contribution in [3.8, 4) is 5.69 Å². The van der Waals surface area contributed by atoms with Crippen molar-refractivity contribution in [2.45, 2.75) is 0 Å². The lowest BCUT2D eigenvalue weighted by molar-refractivity contribution is 0.1000. The Morgan fingerprint density at radius 1 is 1.47 bits per heavy atom. The SMILES string of the molecule is NC(=O)c1cc(Br)ccc1-n1cc(Cl)c(N)n1. The number of benzene rings is 1. The smallest absolute Gasteiger partial charge is 0.250 e. The normalized spacial score (nSPS) is 10.5. The van der Waals surface area contributed by atoms with Gasteiger partial charge in [-0.3, -0.25) is 4.79 Å². The summed E-state index contributed by atoms with van der Waals surface area (Å²) in [5.41, 5.74) is 11.7. The van der Waals surface area contributed by atoms with Crippen LogP contribution >= 0.6 is 27.5 Å². The van der Waals surface area contributed by atoms with E-state index in [2.05, 4.69) is 21.0 Å². The van der Waals surface area contributed by atoms with Gasteiger partial charge < -0.3 is 11.5 Å². The Labute approximate surface area is 110 Å². The highest BCUT2D eigenvalue weighted by Gasteiger charge is 2.13. The molecule has 88 valence electrons. The first-order chi connectivity index (χ1) is 7.99. The predicted octanol–water partition coefficient (Wildman–Crippen LogP) is 1.97. The van der Waals surface area contributed by atoms with Gasteiger partial charge in [0.2, 0.25) is 0 Å². The Hall–Kier alpha value is -1.53. The minimum Gasteiger partial charge on any atom is -0.381 e. The number of carbonyl (C=O) groups is 1. The second kappa shape index (κ2) is 4.38. The molecule has 0 aliphatic rings. The number of amides is 1. The van der Waals surface area contributed by atoms with E-state index in [0.29, 0.717) is 16.3 Å². The van der Waals surface area contributed by atoms with Gasteiger partial charge in [-0.2, -0.15) is 0 Å². The molecule has 2 aromatic rings. The van der Waals surface area contributed by atoms with Crippen molar-refractivity contribution in [1.29, 1.82) is 0 Å². The van der Waals surface area contributed by atoms with E-state index in [1.807, 2.05) is 0 Å². The molecule has 1 heterocycles. The number of hydrogen-bond donors (Lipinski definition) is 2. The molecule has 17 heavy (non-hydrogen) atoms. The summed E-state index contributed by atoms with van der Waals surface area (Å²) in [5, 5.41) is 4.32. The molecule has 7 heteroatoms. The molecule has 0 aliphatic heterocycles. The summed E-state index contributed by atoms with van der Waals surface area (Å²) in [7, 11) is 0. The molecule has 1 aromatic heterocycles. The topological polar surface area (TPSA) is 86.9 Å². The van der Waals surface area contributed by atoms with Crippen LogP contribution in [0.5, 0.6) is 0 Å². The van der Waals surface area contributed by atoms with Crippen molar-refractivity contribution in [2.24, 2.45) is 5.73 Å². The van der Waals surface area contributed by atoms with E-state index in [4.69, 9.17) is 23.1 Å².